The third-order valence-electron chi connectivity index (χ3n) is 3.00. The van der Waals surface area contributed by atoms with Gasteiger partial charge in [-0.1, -0.05) is 13.8 Å². The molecule has 0 amide bonds. The molecule has 0 saturated heterocycles. The summed E-state index contributed by atoms with van der Waals surface area (Å²) >= 11 is 0. The fourth-order valence-corrected chi connectivity index (χ4v) is 2.05. The molecular weight excluding hydrogens is 234 g/mol. The quantitative estimate of drug-likeness (QED) is 0.852. The third-order valence-corrected chi connectivity index (χ3v) is 3.00. The number of rotatable bonds is 6. The van der Waals surface area contributed by atoms with E-state index in [9.17, 15) is 0 Å². The third kappa shape index (κ3) is 5.60. The van der Waals surface area contributed by atoms with E-state index in [0.717, 1.165) is 19.6 Å². The molecule has 3 nitrogen and oxygen atoms in total. The number of hydrogen-bond acceptors (Lipinski definition) is 3. The van der Waals surface area contributed by atoms with Gasteiger partial charge in [0.1, 0.15) is 0 Å². The molecule has 1 aromatic rings. The number of nitrogens with one attached hydrogen (secondary N) is 1. The van der Waals surface area contributed by atoms with Crippen molar-refractivity contribution in [3.8, 4) is 0 Å². The second kappa shape index (κ2) is 6.90. The van der Waals surface area contributed by atoms with Gasteiger partial charge in [0, 0.05) is 31.4 Å². The highest BCUT2D eigenvalue weighted by Crippen LogP contribution is 2.20. The van der Waals surface area contributed by atoms with E-state index in [1.165, 1.54) is 11.3 Å². The van der Waals surface area contributed by atoms with Crippen molar-refractivity contribution in [3.63, 3.8) is 0 Å². The van der Waals surface area contributed by atoms with Crippen molar-refractivity contribution in [3.05, 3.63) is 24.0 Å². The molecule has 3 heteroatoms. The number of aromatic nitrogens is 1. The van der Waals surface area contributed by atoms with Gasteiger partial charge in [-0.2, -0.15) is 0 Å². The average molecular weight is 263 g/mol. The van der Waals surface area contributed by atoms with Crippen LogP contribution in [-0.4, -0.2) is 23.6 Å². The predicted molar refractivity (Wildman–Crippen MR) is 83.6 cm³/mol. The Morgan fingerprint density at radius 2 is 2.00 bits per heavy atom. The first-order chi connectivity index (χ1) is 8.83. The second-order valence-electron chi connectivity index (χ2n) is 6.54. The maximum atomic E-state index is 4.30. The topological polar surface area (TPSA) is 28.2 Å². The Labute approximate surface area is 118 Å². The lowest BCUT2D eigenvalue weighted by atomic mass is 10.1. The molecule has 1 rings (SSSR count). The fraction of sp³-hybridized carbons (Fsp3) is 0.688. The lowest BCUT2D eigenvalue weighted by Gasteiger charge is -2.28. The van der Waals surface area contributed by atoms with Crippen LogP contribution in [0.15, 0.2) is 18.5 Å². The largest absolute Gasteiger partial charge is 0.370 e. The van der Waals surface area contributed by atoms with E-state index in [0.29, 0.717) is 5.92 Å². The first-order valence-electron chi connectivity index (χ1n) is 7.26. The van der Waals surface area contributed by atoms with Crippen molar-refractivity contribution in [1.29, 1.82) is 0 Å². The van der Waals surface area contributed by atoms with E-state index < -0.39 is 0 Å². The van der Waals surface area contributed by atoms with Crippen LogP contribution in [0.25, 0.3) is 0 Å². The molecule has 0 aliphatic rings. The van der Waals surface area contributed by atoms with Gasteiger partial charge in [0.25, 0.3) is 0 Å². The lowest BCUT2D eigenvalue weighted by Crippen LogP contribution is -2.36. The summed E-state index contributed by atoms with van der Waals surface area (Å²) in [7, 11) is 0. The standard InChI is InChI=1S/C16H29N3/c1-7-19(12-13(2)3)15-11-17-9-8-14(15)10-18-16(4,5)6/h8-9,11,13,18H,7,10,12H2,1-6H3. The van der Waals surface area contributed by atoms with Crippen LogP contribution >= 0.6 is 0 Å². The van der Waals surface area contributed by atoms with Crippen molar-refractivity contribution in [1.82, 2.24) is 10.3 Å². The molecule has 0 unspecified atom stereocenters. The molecule has 108 valence electrons. The minimum Gasteiger partial charge on any atom is -0.370 e. The Morgan fingerprint density at radius 3 is 2.53 bits per heavy atom. The van der Waals surface area contributed by atoms with Crippen LogP contribution < -0.4 is 10.2 Å². The molecule has 0 radical (unpaired) electrons. The average Bonchev–Trinajstić information content (AvgIpc) is 2.33. The molecule has 0 saturated carbocycles. The zero-order chi connectivity index (χ0) is 14.5. The molecule has 0 atom stereocenters. The number of nitrogens with zero attached hydrogens (tertiary/aromatic N) is 2. The second-order valence-corrected chi connectivity index (χ2v) is 6.54. The van der Waals surface area contributed by atoms with Crippen molar-refractivity contribution in [2.75, 3.05) is 18.0 Å². The molecular formula is C16H29N3. The highest BCUT2D eigenvalue weighted by atomic mass is 15.1. The van der Waals surface area contributed by atoms with Crippen LogP contribution in [0.4, 0.5) is 5.69 Å². The van der Waals surface area contributed by atoms with Gasteiger partial charge in [-0.15, -0.1) is 0 Å². The van der Waals surface area contributed by atoms with Crippen molar-refractivity contribution in [2.45, 2.75) is 53.6 Å². The molecule has 1 N–H and O–H groups in total. The van der Waals surface area contributed by atoms with E-state index in [1.807, 2.05) is 12.4 Å². The van der Waals surface area contributed by atoms with Crippen LogP contribution in [0.3, 0.4) is 0 Å². The van der Waals surface area contributed by atoms with Crippen molar-refractivity contribution < 1.29 is 0 Å². The van der Waals surface area contributed by atoms with Gasteiger partial charge in [0.2, 0.25) is 0 Å². The van der Waals surface area contributed by atoms with E-state index in [1.54, 1.807) is 0 Å². The van der Waals surface area contributed by atoms with E-state index >= 15 is 0 Å². The first-order valence-corrected chi connectivity index (χ1v) is 7.26. The van der Waals surface area contributed by atoms with E-state index in [4.69, 9.17) is 0 Å². The molecule has 0 aliphatic carbocycles. The van der Waals surface area contributed by atoms with Gasteiger partial charge in [0.05, 0.1) is 11.9 Å². The molecule has 0 aromatic carbocycles. The Morgan fingerprint density at radius 1 is 1.32 bits per heavy atom. The van der Waals surface area contributed by atoms with Gasteiger partial charge in [0.15, 0.2) is 0 Å². The Kier molecular flexibility index (Phi) is 5.80. The fourth-order valence-electron chi connectivity index (χ4n) is 2.05. The zero-order valence-corrected chi connectivity index (χ0v) is 13.3. The van der Waals surface area contributed by atoms with Gasteiger partial charge in [-0.3, -0.25) is 4.98 Å². The van der Waals surface area contributed by atoms with Crippen LogP contribution in [0.2, 0.25) is 0 Å². The lowest BCUT2D eigenvalue weighted by molar-refractivity contribution is 0.424. The Bertz CT molecular complexity index is 380. The summed E-state index contributed by atoms with van der Waals surface area (Å²) in [6, 6.07) is 2.12. The van der Waals surface area contributed by atoms with Crippen molar-refractivity contribution in [2.24, 2.45) is 5.92 Å². The van der Waals surface area contributed by atoms with Crippen molar-refractivity contribution >= 4 is 5.69 Å². The monoisotopic (exact) mass is 263 g/mol. The molecule has 19 heavy (non-hydrogen) atoms. The summed E-state index contributed by atoms with van der Waals surface area (Å²) in [5.41, 5.74) is 2.72. The number of hydrogen-bond donors (Lipinski definition) is 1. The molecule has 0 aliphatic heterocycles. The van der Waals surface area contributed by atoms with Crippen LogP contribution in [0.1, 0.15) is 47.1 Å². The highest BCUT2D eigenvalue weighted by molar-refractivity contribution is 5.51. The minimum absolute atomic E-state index is 0.135. The molecule has 1 aromatic heterocycles. The number of pyridine rings is 1. The Hall–Kier alpha value is -1.09. The summed E-state index contributed by atoms with van der Waals surface area (Å²) < 4.78 is 0. The molecule has 0 fully saturated rings. The van der Waals surface area contributed by atoms with Gasteiger partial charge in [-0.05, 0) is 45.2 Å². The van der Waals surface area contributed by atoms with Crippen LogP contribution in [0, 0.1) is 5.92 Å². The maximum absolute atomic E-state index is 4.30. The highest BCUT2D eigenvalue weighted by Gasteiger charge is 2.14. The SMILES string of the molecule is CCN(CC(C)C)c1cnccc1CNC(C)(C)C. The van der Waals surface area contributed by atoms with Gasteiger partial charge in [-0.25, -0.2) is 0 Å². The predicted octanol–water partition coefficient (Wildman–Crippen LogP) is 3.45. The van der Waals surface area contributed by atoms with E-state index in [2.05, 4.69) is 62.8 Å². The zero-order valence-electron chi connectivity index (χ0n) is 13.3. The maximum Gasteiger partial charge on any atom is 0.0598 e. The molecule has 1 heterocycles. The van der Waals surface area contributed by atoms with Gasteiger partial charge < -0.3 is 10.2 Å². The summed E-state index contributed by atoms with van der Waals surface area (Å²) in [5.74, 6) is 0.656. The number of anilines is 1. The summed E-state index contributed by atoms with van der Waals surface area (Å²) in [6.07, 6.45) is 3.87. The van der Waals surface area contributed by atoms with Gasteiger partial charge >= 0.3 is 0 Å². The van der Waals surface area contributed by atoms with E-state index in [-0.39, 0.29) is 5.54 Å². The van der Waals surface area contributed by atoms with Crippen LogP contribution in [0.5, 0.6) is 0 Å². The normalized spacial score (nSPS) is 11.9. The Balaban J connectivity index is 2.87. The first kappa shape index (κ1) is 16.0. The summed E-state index contributed by atoms with van der Waals surface area (Å²) in [4.78, 5) is 6.71. The summed E-state index contributed by atoms with van der Waals surface area (Å²) in [6.45, 7) is 16.3. The minimum atomic E-state index is 0.135. The smallest absolute Gasteiger partial charge is 0.0598 e. The molecule has 0 spiro atoms. The van der Waals surface area contributed by atoms with Crippen LogP contribution in [-0.2, 0) is 6.54 Å². The summed E-state index contributed by atoms with van der Waals surface area (Å²) in [5, 5.41) is 3.56. The molecule has 0 bridgehead atoms.